The van der Waals surface area contributed by atoms with E-state index in [0.29, 0.717) is 0 Å². The van der Waals surface area contributed by atoms with Crippen LogP contribution in [-0.2, 0) is 14.3 Å². The summed E-state index contributed by atoms with van der Waals surface area (Å²) in [7, 11) is -3.53. The van der Waals surface area contributed by atoms with Gasteiger partial charge in [0, 0.05) is 0 Å². The van der Waals surface area contributed by atoms with E-state index in [4.69, 9.17) is 5.11 Å². The molecule has 0 aromatic carbocycles. The molecule has 0 rings (SSSR count). The van der Waals surface area contributed by atoms with Gasteiger partial charge in [-0.2, -0.15) is 8.42 Å². The van der Waals surface area contributed by atoms with E-state index >= 15 is 0 Å². The van der Waals surface area contributed by atoms with Gasteiger partial charge in [0.05, 0.1) is 18.6 Å². The molecule has 4 nitrogen and oxygen atoms in total. The third kappa shape index (κ3) is 4.49. The Kier molecular flexibility index (Phi) is 4.26. The topological polar surface area (TPSA) is 63.6 Å². The van der Waals surface area contributed by atoms with E-state index in [9.17, 15) is 8.42 Å². The van der Waals surface area contributed by atoms with Crippen LogP contribution < -0.4 is 0 Å². The van der Waals surface area contributed by atoms with E-state index in [-0.39, 0.29) is 13.2 Å². The van der Waals surface area contributed by atoms with Crippen molar-refractivity contribution in [3.8, 4) is 0 Å². The van der Waals surface area contributed by atoms with Gasteiger partial charge in [-0.1, -0.05) is 6.08 Å². The van der Waals surface area contributed by atoms with Crippen molar-refractivity contribution in [3.05, 3.63) is 11.5 Å². The highest BCUT2D eigenvalue weighted by Crippen LogP contribution is 1.93. The van der Waals surface area contributed by atoms with Crippen molar-refractivity contribution < 1.29 is 17.7 Å². The van der Waals surface area contributed by atoms with Gasteiger partial charge in [-0.25, -0.2) is 0 Å². The molecule has 0 amide bonds. The number of allylic oxidation sites excluding steroid dienone is 1. The van der Waals surface area contributed by atoms with Gasteiger partial charge >= 0.3 is 0 Å². The monoisotopic (exact) mass is 166 g/mol. The summed E-state index contributed by atoms with van der Waals surface area (Å²) in [5.74, 6) is 0. The first-order valence-corrected chi connectivity index (χ1v) is 4.22. The number of aliphatic hydroxyl groups is 1. The Hall–Kier alpha value is -0.390. The Morgan fingerprint density at radius 3 is 2.60 bits per heavy atom. The molecule has 10 heavy (non-hydrogen) atoms. The molecule has 0 radical (unpaired) electrons. The predicted molar refractivity (Wildman–Crippen MR) is 36.8 cm³/mol. The molecule has 60 valence electrons. The summed E-state index contributed by atoms with van der Waals surface area (Å²) < 4.78 is 25.4. The SMILES string of the molecule is CC=CS(=O)(=O)OCCO. The summed E-state index contributed by atoms with van der Waals surface area (Å²) in [6.07, 6.45) is 1.35. The minimum Gasteiger partial charge on any atom is -0.394 e. The van der Waals surface area contributed by atoms with Gasteiger partial charge in [0.2, 0.25) is 0 Å². The van der Waals surface area contributed by atoms with E-state index in [1.54, 1.807) is 6.92 Å². The molecule has 0 saturated carbocycles. The number of aliphatic hydroxyl groups excluding tert-OH is 1. The van der Waals surface area contributed by atoms with Gasteiger partial charge in [0.25, 0.3) is 10.1 Å². The van der Waals surface area contributed by atoms with Crippen molar-refractivity contribution in [1.29, 1.82) is 0 Å². The van der Waals surface area contributed by atoms with Crippen molar-refractivity contribution in [2.75, 3.05) is 13.2 Å². The molecule has 0 aromatic heterocycles. The van der Waals surface area contributed by atoms with Crippen molar-refractivity contribution >= 4 is 10.1 Å². The molecule has 5 heteroatoms. The van der Waals surface area contributed by atoms with Crippen molar-refractivity contribution in [2.45, 2.75) is 6.92 Å². The highest BCUT2D eigenvalue weighted by molar-refractivity contribution is 7.89. The molecular weight excluding hydrogens is 156 g/mol. The molecule has 0 aliphatic rings. The van der Waals surface area contributed by atoms with Gasteiger partial charge in [0.15, 0.2) is 0 Å². The summed E-state index contributed by atoms with van der Waals surface area (Å²) in [6, 6.07) is 0. The second-order valence-corrected chi connectivity index (χ2v) is 3.00. The van der Waals surface area contributed by atoms with Gasteiger partial charge in [-0.05, 0) is 6.92 Å². The summed E-state index contributed by atoms with van der Waals surface area (Å²) >= 11 is 0. The Labute approximate surface area is 60.3 Å². The second-order valence-electron chi connectivity index (χ2n) is 1.51. The summed E-state index contributed by atoms with van der Waals surface area (Å²) in [5.41, 5.74) is 0. The molecular formula is C5H10O4S. The minimum absolute atomic E-state index is 0.188. The molecule has 0 fully saturated rings. The first-order valence-electron chi connectivity index (χ1n) is 2.75. The van der Waals surface area contributed by atoms with Gasteiger partial charge in [-0.3, -0.25) is 4.18 Å². The molecule has 0 unspecified atom stereocenters. The predicted octanol–water partition coefficient (Wildman–Crippen LogP) is -0.141. The maximum absolute atomic E-state index is 10.6. The standard InChI is InChI=1S/C5H10O4S/c1-2-5-10(7,8)9-4-3-6/h2,5-6H,3-4H2,1H3. The lowest BCUT2D eigenvalue weighted by Gasteiger charge is -1.95. The zero-order valence-corrected chi connectivity index (χ0v) is 6.47. The smallest absolute Gasteiger partial charge is 0.289 e. The van der Waals surface area contributed by atoms with Crippen molar-refractivity contribution in [2.24, 2.45) is 0 Å². The van der Waals surface area contributed by atoms with E-state index in [0.717, 1.165) is 5.41 Å². The zero-order valence-electron chi connectivity index (χ0n) is 5.65. The van der Waals surface area contributed by atoms with Crippen molar-refractivity contribution in [1.82, 2.24) is 0 Å². The lowest BCUT2D eigenvalue weighted by atomic mass is 10.8. The van der Waals surface area contributed by atoms with Crippen LogP contribution in [0.5, 0.6) is 0 Å². The maximum Gasteiger partial charge on any atom is 0.289 e. The fourth-order valence-electron chi connectivity index (χ4n) is 0.359. The van der Waals surface area contributed by atoms with Gasteiger partial charge in [0.1, 0.15) is 0 Å². The Morgan fingerprint density at radius 1 is 1.60 bits per heavy atom. The Bertz CT molecular complexity index is 192. The number of hydrogen-bond donors (Lipinski definition) is 1. The third-order valence-corrected chi connectivity index (χ3v) is 1.74. The lowest BCUT2D eigenvalue weighted by molar-refractivity contribution is 0.207. The zero-order chi connectivity index (χ0) is 8.04. The average molecular weight is 166 g/mol. The first-order chi connectivity index (χ1) is 4.62. The normalized spacial score (nSPS) is 12.6. The lowest BCUT2D eigenvalue weighted by Crippen LogP contribution is -2.05. The van der Waals surface area contributed by atoms with Crippen LogP contribution in [-0.4, -0.2) is 26.7 Å². The van der Waals surface area contributed by atoms with Crippen LogP contribution in [0, 0.1) is 0 Å². The van der Waals surface area contributed by atoms with Crippen molar-refractivity contribution in [3.63, 3.8) is 0 Å². The van der Waals surface area contributed by atoms with E-state index < -0.39 is 10.1 Å². The fraction of sp³-hybridized carbons (Fsp3) is 0.600. The van der Waals surface area contributed by atoms with Crippen LogP contribution in [0.2, 0.25) is 0 Å². The van der Waals surface area contributed by atoms with Gasteiger partial charge in [-0.15, -0.1) is 0 Å². The van der Waals surface area contributed by atoms with E-state index in [1.165, 1.54) is 6.08 Å². The van der Waals surface area contributed by atoms with Gasteiger partial charge < -0.3 is 5.11 Å². The number of hydrogen-bond acceptors (Lipinski definition) is 4. The van der Waals surface area contributed by atoms with Crippen LogP contribution in [0.25, 0.3) is 0 Å². The van der Waals surface area contributed by atoms with Crippen LogP contribution >= 0.6 is 0 Å². The molecule has 0 aromatic rings. The molecule has 1 N–H and O–H groups in total. The third-order valence-electron chi connectivity index (χ3n) is 0.642. The molecule has 0 bridgehead atoms. The molecule has 0 aliphatic heterocycles. The summed E-state index contributed by atoms with van der Waals surface area (Å²) in [6.45, 7) is 1.09. The highest BCUT2D eigenvalue weighted by Gasteiger charge is 2.02. The molecule has 0 spiro atoms. The largest absolute Gasteiger partial charge is 0.394 e. The van der Waals surface area contributed by atoms with Crippen LogP contribution in [0.1, 0.15) is 6.92 Å². The average Bonchev–Trinajstić information content (AvgIpc) is 1.84. The van der Waals surface area contributed by atoms with Crippen LogP contribution in [0.3, 0.4) is 0 Å². The second kappa shape index (κ2) is 4.43. The minimum atomic E-state index is -3.53. The molecule has 0 atom stereocenters. The Morgan fingerprint density at radius 2 is 2.20 bits per heavy atom. The van der Waals surface area contributed by atoms with E-state index in [2.05, 4.69) is 4.18 Å². The first kappa shape index (κ1) is 9.61. The molecule has 0 aliphatic carbocycles. The fourth-order valence-corrected chi connectivity index (χ4v) is 1.08. The van der Waals surface area contributed by atoms with Crippen LogP contribution in [0.15, 0.2) is 11.5 Å². The quantitative estimate of drug-likeness (QED) is 0.590. The summed E-state index contributed by atoms with van der Waals surface area (Å²) in [4.78, 5) is 0. The highest BCUT2D eigenvalue weighted by atomic mass is 32.2. The molecule has 0 heterocycles. The summed E-state index contributed by atoms with van der Waals surface area (Å²) in [5, 5.41) is 9.12. The number of rotatable bonds is 4. The maximum atomic E-state index is 10.6. The molecule has 0 saturated heterocycles. The Balaban J connectivity index is 3.89. The van der Waals surface area contributed by atoms with E-state index in [1.807, 2.05) is 0 Å². The van der Waals surface area contributed by atoms with Crippen LogP contribution in [0.4, 0.5) is 0 Å².